The van der Waals surface area contributed by atoms with E-state index in [2.05, 4.69) is 18.7 Å². The number of hydrogen-bond acceptors (Lipinski definition) is 3. The Bertz CT molecular complexity index is 430. The number of nitrogens with two attached hydrogens (primary N) is 1. The van der Waals surface area contributed by atoms with E-state index >= 15 is 0 Å². The summed E-state index contributed by atoms with van der Waals surface area (Å²) >= 11 is 0. The van der Waals surface area contributed by atoms with Gasteiger partial charge < -0.3 is 15.5 Å². The molecule has 118 valence electrons. The van der Waals surface area contributed by atoms with Crippen molar-refractivity contribution in [3.05, 3.63) is 29.8 Å². The van der Waals surface area contributed by atoms with Gasteiger partial charge in [-0.2, -0.15) is 0 Å². The van der Waals surface area contributed by atoms with Gasteiger partial charge in [0.15, 0.2) is 0 Å². The van der Waals surface area contributed by atoms with E-state index in [1.807, 2.05) is 31.2 Å². The molecule has 0 saturated heterocycles. The number of likely N-dealkylation sites (N-methyl/N-ethyl adjacent to an activating group) is 1. The molecule has 4 nitrogen and oxygen atoms in total. The summed E-state index contributed by atoms with van der Waals surface area (Å²) in [6.45, 7) is 8.83. The van der Waals surface area contributed by atoms with Gasteiger partial charge in [-0.1, -0.05) is 13.3 Å². The molecule has 0 aliphatic rings. The van der Waals surface area contributed by atoms with Crippen molar-refractivity contribution in [3.63, 3.8) is 0 Å². The van der Waals surface area contributed by atoms with Gasteiger partial charge in [0.2, 0.25) is 0 Å². The highest BCUT2D eigenvalue weighted by Crippen LogP contribution is 2.17. The van der Waals surface area contributed by atoms with Crippen LogP contribution >= 0.6 is 0 Å². The average Bonchev–Trinajstić information content (AvgIpc) is 2.54. The third-order valence-electron chi connectivity index (χ3n) is 3.97. The Morgan fingerprint density at radius 3 is 2.33 bits per heavy atom. The van der Waals surface area contributed by atoms with Crippen LogP contribution in [0.5, 0.6) is 0 Å². The van der Waals surface area contributed by atoms with Crippen LogP contribution in [0.1, 0.15) is 44.0 Å². The predicted octanol–water partition coefficient (Wildman–Crippen LogP) is 2.73. The van der Waals surface area contributed by atoms with Crippen molar-refractivity contribution in [2.24, 2.45) is 5.73 Å². The molecule has 1 rings (SSSR count). The van der Waals surface area contributed by atoms with Crippen LogP contribution in [0, 0.1) is 0 Å². The highest BCUT2D eigenvalue weighted by molar-refractivity contribution is 5.94. The number of unbranched alkanes of at least 4 members (excludes halogenated alkanes) is 1. The molecular weight excluding hydrogens is 262 g/mol. The maximum atomic E-state index is 12.3. The minimum atomic E-state index is 0.0242. The van der Waals surface area contributed by atoms with E-state index in [-0.39, 0.29) is 11.9 Å². The van der Waals surface area contributed by atoms with Gasteiger partial charge in [0.25, 0.3) is 5.91 Å². The van der Waals surface area contributed by atoms with Crippen molar-refractivity contribution in [2.75, 3.05) is 31.6 Å². The van der Waals surface area contributed by atoms with E-state index in [4.69, 9.17) is 5.73 Å². The van der Waals surface area contributed by atoms with Gasteiger partial charge in [-0.3, -0.25) is 4.79 Å². The molecule has 0 aromatic heterocycles. The first-order valence-corrected chi connectivity index (χ1v) is 7.87. The molecule has 1 unspecified atom stereocenters. The summed E-state index contributed by atoms with van der Waals surface area (Å²) in [4.78, 5) is 16.4. The fraction of sp³-hybridized carbons (Fsp3) is 0.588. The molecule has 21 heavy (non-hydrogen) atoms. The summed E-state index contributed by atoms with van der Waals surface area (Å²) in [5.41, 5.74) is 7.51. The molecule has 0 radical (unpaired) electrons. The van der Waals surface area contributed by atoms with Crippen LogP contribution in [-0.4, -0.2) is 43.5 Å². The fourth-order valence-corrected chi connectivity index (χ4v) is 2.20. The van der Waals surface area contributed by atoms with Gasteiger partial charge in [0, 0.05) is 44.0 Å². The van der Waals surface area contributed by atoms with Gasteiger partial charge in [0.1, 0.15) is 0 Å². The zero-order valence-corrected chi connectivity index (χ0v) is 13.8. The summed E-state index contributed by atoms with van der Waals surface area (Å²) in [6.07, 6.45) is 2.38. The molecule has 1 amide bonds. The molecule has 1 aromatic rings. The normalized spacial score (nSPS) is 12.0. The van der Waals surface area contributed by atoms with Crippen molar-refractivity contribution in [1.82, 2.24) is 4.90 Å². The lowest BCUT2D eigenvalue weighted by Gasteiger charge is -2.25. The second-order valence-electron chi connectivity index (χ2n) is 5.48. The number of carbonyl (C=O) groups excluding carboxylic acids is 1. The highest BCUT2D eigenvalue weighted by atomic mass is 16.2. The summed E-state index contributed by atoms with van der Waals surface area (Å²) in [7, 11) is 1.80. The monoisotopic (exact) mass is 291 g/mol. The number of amides is 1. The molecule has 4 heteroatoms. The summed E-state index contributed by atoms with van der Waals surface area (Å²) < 4.78 is 0. The van der Waals surface area contributed by atoms with Crippen molar-refractivity contribution < 1.29 is 4.79 Å². The zero-order chi connectivity index (χ0) is 15.8. The smallest absolute Gasteiger partial charge is 0.253 e. The summed E-state index contributed by atoms with van der Waals surface area (Å²) in [5, 5.41) is 0. The van der Waals surface area contributed by atoms with Crippen molar-refractivity contribution in [2.45, 2.75) is 39.7 Å². The first kappa shape index (κ1) is 17.5. The lowest BCUT2D eigenvalue weighted by Crippen LogP contribution is -2.39. The van der Waals surface area contributed by atoms with Crippen LogP contribution in [-0.2, 0) is 0 Å². The lowest BCUT2D eigenvalue weighted by molar-refractivity contribution is 0.0748. The topological polar surface area (TPSA) is 49.6 Å². The maximum Gasteiger partial charge on any atom is 0.253 e. The second-order valence-corrected chi connectivity index (χ2v) is 5.48. The highest BCUT2D eigenvalue weighted by Gasteiger charge is 2.16. The number of anilines is 1. The third kappa shape index (κ3) is 4.74. The fourth-order valence-electron chi connectivity index (χ4n) is 2.20. The van der Waals surface area contributed by atoms with Crippen LogP contribution in [0.25, 0.3) is 0 Å². The van der Waals surface area contributed by atoms with Crippen LogP contribution in [0.3, 0.4) is 0 Å². The van der Waals surface area contributed by atoms with Gasteiger partial charge in [-0.05, 0) is 44.5 Å². The van der Waals surface area contributed by atoms with E-state index in [9.17, 15) is 4.79 Å². The van der Waals surface area contributed by atoms with E-state index in [0.717, 1.165) is 13.1 Å². The number of benzene rings is 1. The maximum absolute atomic E-state index is 12.3. The Kier molecular flexibility index (Phi) is 7.23. The second kappa shape index (κ2) is 8.67. The van der Waals surface area contributed by atoms with Crippen LogP contribution < -0.4 is 10.6 Å². The predicted molar refractivity (Wildman–Crippen MR) is 89.8 cm³/mol. The molecule has 0 aliphatic carbocycles. The van der Waals surface area contributed by atoms with Crippen molar-refractivity contribution >= 4 is 11.6 Å². The van der Waals surface area contributed by atoms with E-state index < -0.39 is 0 Å². The van der Waals surface area contributed by atoms with E-state index in [0.29, 0.717) is 12.1 Å². The van der Waals surface area contributed by atoms with Gasteiger partial charge in [-0.25, -0.2) is 0 Å². The Morgan fingerprint density at radius 2 is 1.86 bits per heavy atom. The van der Waals surface area contributed by atoms with E-state index in [1.165, 1.54) is 18.5 Å². The minimum Gasteiger partial charge on any atom is -0.372 e. The number of rotatable bonds is 8. The number of hydrogen-bond donors (Lipinski definition) is 1. The summed E-state index contributed by atoms with van der Waals surface area (Å²) in [6, 6.07) is 7.94. The SMILES string of the molecule is CCCCN(CC)c1ccc(C(=O)N(C)C(C)CN)cc1. The molecular formula is C17H29N3O. The Labute approximate surface area is 128 Å². The molecule has 1 atom stereocenters. The van der Waals surface area contributed by atoms with Gasteiger partial charge in [0.05, 0.1) is 0 Å². The number of nitrogens with zero attached hydrogens (tertiary/aromatic N) is 2. The first-order chi connectivity index (χ1) is 10.0. The molecule has 2 N–H and O–H groups in total. The van der Waals surface area contributed by atoms with Crippen LogP contribution in [0.15, 0.2) is 24.3 Å². The average molecular weight is 291 g/mol. The quantitative estimate of drug-likeness (QED) is 0.801. The third-order valence-corrected chi connectivity index (χ3v) is 3.97. The van der Waals surface area contributed by atoms with Crippen molar-refractivity contribution in [3.8, 4) is 0 Å². The Hall–Kier alpha value is -1.55. The number of carbonyl (C=O) groups is 1. The zero-order valence-electron chi connectivity index (χ0n) is 13.8. The minimum absolute atomic E-state index is 0.0242. The Morgan fingerprint density at radius 1 is 1.24 bits per heavy atom. The van der Waals surface area contributed by atoms with Crippen LogP contribution in [0.2, 0.25) is 0 Å². The largest absolute Gasteiger partial charge is 0.372 e. The molecule has 0 fully saturated rings. The molecule has 0 saturated carbocycles. The molecule has 0 heterocycles. The lowest BCUT2D eigenvalue weighted by atomic mass is 10.1. The van der Waals surface area contributed by atoms with Gasteiger partial charge >= 0.3 is 0 Å². The van der Waals surface area contributed by atoms with E-state index in [1.54, 1.807) is 11.9 Å². The summed E-state index contributed by atoms with van der Waals surface area (Å²) in [5.74, 6) is 0.0242. The molecule has 0 aliphatic heterocycles. The molecule has 0 spiro atoms. The van der Waals surface area contributed by atoms with Crippen molar-refractivity contribution in [1.29, 1.82) is 0 Å². The molecule has 0 bridgehead atoms. The van der Waals surface area contributed by atoms with Crippen LogP contribution in [0.4, 0.5) is 5.69 Å². The van der Waals surface area contributed by atoms with Gasteiger partial charge in [-0.15, -0.1) is 0 Å². The Balaban J connectivity index is 2.79. The standard InChI is InChI=1S/C17H29N3O/c1-5-7-12-20(6-2)16-10-8-15(9-11-16)17(21)19(4)14(3)13-18/h8-11,14H,5-7,12-13,18H2,1-4H3. The first-order valence-electron chi connectivity index (χ1n) is 7.87. The molecule has 1 aromatic carbocycles.